The summed E-state index contributed by atoms with van der Waals surface area (Å²) in [5, 5.41) is 11.4. The number of carbonyl (C=O) groups is 1. The molecule has 1 atom stereocenters. The number of rotatable bonds is 6. The van der Waals surface area contributed by atoms with Crippen LogP contribution in [-0.2, 0) is 4.79 Å². The highest BCUT2D eigenvalue weighted by Gasteiger charge is 2.14. The van der Waals surface area contributed by atoms with Gasteiger partial charge in [0.25, 0.3) is 0 Å². The Bertz CT molecular complexity index is 600. The number of thioether (sulfide) groups is 1. The average molecular weight is 306 g/mol. The van der Waals surface area contributed by atoms with E-state index in [1.54, 1.807) is 18.5 Å². The number of amides is 1. The molecule has 0 aliphatic heterocycles. The molecule has 1 amide bonds. The van der Waals surface area contributed by atoms with Crippen LogP contribution >= 0.6 is 11.8 Å². The Morgan fingerprint density at radius 2 is 2.33 bits per heavy atom. The van der Waals surface area contributed by atoms with Crippen LogP contribution in [0.25, 0.3) is 11.4 Å². The van der Waals surface area contributed by atoms with Gasteiger partial charge in [-0.3, -0.25) is 9.78 Å². The summed E-state index contributed by atoms with van der Waals surface area (Å²) in [6.45, 7) is 3.99. The molecule has 0 aliphatic carbocycles. The number of nitrogens with one attached hydrogen (secondary N) is 1. The zero-order valence-electron chi connectivity index (χ0n) is 12.0. The third-order valence-electron chi connectivity index (χ3n) is 2.94. The number of carbonyl (C=O) groups excluding carboxylic acids is 1. The van der Waals surface area contributed by atoms with Crippen molar-refractivity contribution in [2.45, 2.75) is 31.5 Å². The Balaban J connectivity index is 2.00. The number of nitrogens with two attached hydrogens (primary N) is 1. The molecule has 0 bridgehead atoms. The van der Waals surface area contributed by atoms with Gasteiger partial charge in [-0.15, -0.1) is 10.2 Å². The number of aromatic nitrogens is 4. The molecule has 2 aromatic rings. The van der Waals surface area contributed by atoms with Crippen LogP contribution in [0.5, 0.6) is 0 Å². The number of hydrogen-bond acceptors (Lipinski definition) is 6. The molecule has 0 aromatic carbocycles. The van der Waals surface area contributed by atoms with Crippen LogP contribution in [0.15, 0.2) is 29.7 Å². The minimum Gasteiger partial charge on any atom is -0.353 e. The van der Waals surface area contributed by atoms with E-state index < -0.39 is 0 Å². The lowest BCUT2D eigenvalue weighted by molar-refractivity contribution is -0.119. The molecule has 2 heterocycles. The van der Waals surface area contributed by atoms with Crippen LogP contribution in [0.3, 0.4) is 0 Å². The van der Waals surface area contributed by atoms with Crippen molar-refractivity contribution >= 4 is 17.7 Å². The fraction of sp³-hybridized carbons (Fsp3) is 0.385. The molecule has 2 rings (SSSR count). The van der Waals surface area contributed by atoms with Crippen molar-refractivity contribution in [1.82, 2.24) is 25.2 Å². The highest BCUT2D eigenvalue weighted by Crippen LogP contribution is 2.20. The normalized spacial score (nSPS) is 12.1. The highest BCUT2D eigenvalue weighted by atomic mass is 32.2. The predicted molar refractivity (Wildman–Crippen MR) is 82.0 cm³/mol. The molecular weight excluding hydrogens is 288 g/mol. The highest BCUT2D eigenvalue weighted by molar-refractivity contribution is 7.99. The second-order valence-corrected chi connectivity index (χ2v) is 5.53. The second kappa shape index (κ2) is 7.07. The SMILES string of the molecule is CC[C@H](C)NC(=O)CSc1nnc(-c2cccnc2)n1N. The zero-order valence-corrected chi connectivity index (χ0v) is 12.8. The Morgan fingerprint density at radius 1 is 1.52 bits per heavy atom. The molecule has 0 fully saturated rings. The Morgan fingerprint density at radius 3 is 3.00 bits per heavy atom. The summed E-state index contributed by atoms with van der Waals surface area (Å²) in [5.41, 5.74) is 0.781. The summed E-state index contributed by atoms with van der Waals surface area (Å²) in [6.07, 6.45) is 4.24. The van der Waals surface area contributed by atoms with E-state index in [0.717, 1.165) is 12.0 Å². The van der Waals surface area contributed by atoms with Crippen molar-refractivity contribution in [2.24, 2.45) is 0 Å². The first-order chi connectivity index (χ1) is 10.1. The molecule has 112 valence electrons. The predicted octanol–water partition coefficient (Wildman–Crippen LogP) is 1.06. The summed E-state index contributed by atoms with van der Waals surface area (Å²) < 4.78 is 1.37. The molecule has 7 nitrogen and oxygen atoms in total. The topological polar surface area (TPSA) is 98.7 Å². The third-order valence-corrected chi connectivity index (χ3v) is 3.88. The maximum Gasteiger partial charge on any atom is 0.230 e. The number of nitrogen functional groups attached to an aromatic ring is 1. The van der Waals surface area contributed by atoms with Crippen LogP contribution in [-0.4, -0.2) is 37.6 Å². The van der Waals surface area contributed by atoms with Crippen LogP contribution in [0.2, 0.25) is 0 Å². The molecule has 0 aliphatic rings. The van der Waals surface area contributed by atoms with Crippen LogP contribution < -0.4 is 11.2 Å². The van der Waals surface area contributed by atoms with Gasteiger partial charge in [-0.25, -0.2) is 4.68 Å². The third kappa shape index (κ3) is 3.94. The standard InChI is InChI=1S/C13H18N6OS/c1-3-9(2)16-11(20)8-21-13-18-17-12(19(13)14)10-5-4-6-15-7-10/h4-7,9H,3,8,14H2,1-2H3,(H,16,20)/t9-/m0/s1. The van der Waals surface area contributed by atoms with Crippen molar-refractivity contribution in [3.05, 3.63) is 24.5 Å². The number of pyridine rings is 1. The fourth-order valence-corrected chi connectivity index (χ4v) is 2.28. The Kier molecular flexibility index (Phi) is 5.15. The number of nitrogens with zero attached hydrogens (tertiary/aromatic N) is 4. The Labute approximate surface area is 127 Å². The van der Waals surface area contributed by atoms with Gasteiger partial charge in [0.05, 0.1) is 5.75 Å². The second-order valence-electron chi connectivity index (χ2n) is 4.58. The minimum absolute atomic E-state index is 0.0414. The van der Waals surface area contributed by atoms with E-state index in [4.69, 9.17) is 5.84 Å². The van der Waals surface area contributed by atoms with Gasteiger partial charge in [0, 0.05) is 24.0 Å². The summed E-state index contributed by atoms with van der Waals surface area (Å²) >= 11 is 1.26. The van der Waals surface area contributed by atoms with Gasteiger partial charge in [-0.05, 0) is 25.5 Å². The molecule has 8 heteroatoms. The van der Waals surface area contributed by atoms with E-state index in [1.807, 2.05) is 19.9 Å². The van der Waals surface area contributed by atoms with E-state index in [0.29, 0.717) is 11.0 Å². The first-order valence-electron chi connectivity index (χ1n) is 6.64. The quantitative estimate of drug-likeness (QED) is 0.611. The van der Waals surface area contributed by atoms with Crippen molar-refractivity contribution in [3.8, 4) is 11.4 Å². The smallest absolute Gasteiger partial charge is 0.230 e. The Hall–Kier alpha value is -2.09. The molecule has 0 radical (unpaired) electrons. The van der Waals surface area contributed by atoms with Crippen molar-refractivity contribution in [2.75, 3.05) is 11.6 Å². The monoisotopic (exact) mass is 306 g/mol. The van der Waals surface area contributed by atoms with Crippen molar-refractivity contribution in [1.29, 1.82) is 0 Å². The van der Waals surface area contributed by atoms with Gasteiger partial charge in [0.1, 0.15) is 0 Å². The van der Waals surface area contributed by atoms with E-state index in [1.165, 1.54) is 16.4 Å². The van der Waals surface area contributed by atoms with Gasteiger partial charge in [-0.1, -0.05) is 18.7 Å². The lowest BCUT2D eigenvalue weighted by atomic mass is 10.3. The van der Waals surface area contributed by atoms with Crippen molar-refractivity contribution in [3.63, 3.8) is 0 Å². The lowest BCUT2D eigenvalue weighted by Gasteiger charge is -2.10. The van der Waals surface area contributed by atoms with Crippen LogP contribution in [0.1, 0.15) is 20.3 Å². The van der Waals surface area contributed by atoms with E-state index in [2.05, 4.69) is 20.5 Å². The van der Waals surface area contributed by atoms with Gasteiger partial charge in [0.2, 0.25) is 11.1 Å². The first-order valence-corrected chi connectivity index (χ1v) is 7.63. The van der Waals surface area contributed by atoms with Gasteiger partial charge in [-0.2, -0.15) is 0 Å². The molecule has 0 unspecified atom stereocenters. The number of hydrogen-bond donors (Lipinski definition) is 2. The molecule has 3 N–H and O–H groups in total. The maximum absolute atomic E-state index is 11.7. The molecule has 0 saturated carbocycles. The molecule has 21 heavy (non-hydrogen) atoms. The van der Waals surface area contributed by atoms with Crippen LogP contribution in [0.4, 0.5) is 0 Å². The largest absolute Gasteiger partial charge is 0.353 e. The van der Waals surface area contributed by atoms with E-state index >= 15 is 0 Å². The van der Waals surface area contributed by atoms with Gasteiger partial charge < -0.3 is 11.2 Å². The minimum atomic E-state index is -0.0414. The van der Waals surface area contributed by atoms with Gasteiger partial charge in [0.15, 0.2) is 5.82 Å². The van der Waals surface area contributed by atoms with Crippen molar-refractivity contribution < 1.29 is 4.79 Å². The average Bonchev–Trinajstić information content (AvgIpc) is 2.87. The van der Waals surface area contributed by atoms with Gasteiger partial charge >= 0.3 is 0 Å². The molecular formula is C13H18N6OS. The van der Waals surface area contributed by atoms with Crippen LogP contribution in [0, 0.1) is 0 Å². The summed E-state index contributed by atoms with van der Waals surface area (Å²) in [4.78, 5) is 15.8. The maximum atomic E-state index is 11.7. The summed E-state index contributed by atoms with van der Waals surface area (Å²) in [7, 11) is 0. The summed E-state index contributed by atoms with van der Waals surface area (Å²) in [5.74, 6) is 6.70. The zero-order chi connectivity index (χ0) is 15.2. The first kappa shape index (κ1) is 15.3. The fourth-order valence-electron chi connectivity index (χ4n) is 1.62. The molecule has 2 aromatic heterocycles. The lowest BCUT2D eigenvalue weighted by Crippen LogP contribution is -2.33. The van der Waals surface area contributed by atoms with E-state index in [-0.39, 0.29) is 17.7 Å². The molecule has 0 saturated heterocycles. The summed E-state index contributed by atoms with van der Waals surface area (Å²) in [6, 6.07) is 3.82. The van der Waals surface area contributed by atoms with E-state index in [9.17, 15) is 4.79 Å². The molecule has 0 spiro atoms.